The Morgan fingerprint density at radius 2 is 2.35 bits per heavy atom. The summed E-state index contributed by atoms with van der Waals surface area (Å²) in [6.45, 7) is 0.450. The zero-order valence-corrected chi connectivity index (χ0v) is 10.1. The van der Waals surface area contributed by atoms with E-state index in [2.05, 4.69) is 20.3 Å². The second kappa shape index (κ2) is 5.07. The van der Waals surface area contributed by atoms with E-state index >= 15 is 0 Å². The number of nitrogens with two attached hydrogens (primary N) is 1. The molecule has 8 heteroatoms. The van der Waals surface area contributed by atoms with Crippen molar-refractivity contribution in [3.8, 4) is 0 Å². The third-order valence-electron chi connectivity index (χ3n) is 1.92. The molecule has 1 amide bonds. The molecule has 2 aromatic heterocycles. The highest BCUT2D eigenvalue weighted by Crippen LogP contribution is 2.15. The molecule has 0 bridgehead atoms. The van der Waals surface area contributed by atoms with E-state index in [1.807, 2.05) is 5.38 Å². The van der Waals surface area contributed by atoms with E-state index in [0.29, 0.717) is 12.4 Å². The van der Waals surface area contributed by atoms with Gasteiger partial charge in [-0.25, -0.2) is 9.97 Å². The monoisotopic (exact) mass is 269 g/mol. The van der Waals surface area contributed by atoms with Crippen molar-refractivity contribution in [2.45, 2.75) is 6.54 Å². The molecule has 3 N–H and O–H groups in total. The number of halogens is 1. The molecule has 0 aliphatic heterocycles. The van der Waals surface area contributed by atoms with Crippen LogP contribution in [-0.4, -0.2) is 20.9 Å². The predicted molar refractivity (Wildman–Crippen MR) is 65.0 cm³/mol. The quantitative estimate of drug-likeness (QED) is 0.816. The fraction of sp³-hybridized carbons (Fsp3) is 0.111. The standard InChI is InChI=1S/C9H8ClN5OS/c10-9-14-3-5(7(11)16)8(15-9)13-4-6-12-1-2-17-6/h1-3H,4H2,(H2,11,16)(H,13,14,15). The summed E-state index contributed by atoms with van der Waals surface area (Å²) in [5.74, 6) is -0.295. The average molecular weight is 270 g/mol. The van der Waals surface area contributed by atoms with Gasteiger partial charge < -0.3 is 11.1 Å². The van der Waals surface area contributed by atoms with Crippen LogP contribution in [0.3, 0.4) is 0 Å². The largest absolute Gasteiger partial charge is 0.365 e. The minimum absolute atomic E-state index is 0.0524. The van der Waals surface area contributed by atoms with Crippen molar-refractivity contribution in [2.24, 2.45) is 5.73 Å². The lowest BCUT2D eigenvalue weighted by Gasteiger charge is -2.07. The lowest BCUT2D eigenvalue weighted by molar-refractivity contribution is 0.100. The smallest absolute Gasteiger partial charge is 0.254 e. The van der Waals surface area contributed by atoms with Gasteiger partial charge in [0.2, 0.25) is 5.28 Å². The Morgan fingerprint density at radius 1 is 1.53 bits per heavy atom. The van der Waals surface area contributed by atoms with Crippen molar-refractivity contribution in [3.05, 3.63) is 33.6 Å². The number of anilines is 1. The van der Waals surface area contributed by atoms with Gasteiger partial charge >= 0.3 is 0 Å². The van der Waals surface area contributed by atoms with Crippen LogP contribution in [0.15, 0.2) is 17.8 Å². The van der Waals surface area contributed by atoms with Gasteiger partial charge in [0.1, 0.15) is 10.8 Å². The van der Waals surface area contributed by atoms with Crippen LogP contribution in [0.4, 0.5) is 5.82 Å². The van der Waals surface area contributed by atoms with Crippen LogP contribution >= 0.6 is 22.9 Å². The average Bonchev–Trinajstić information content (AvgIpc) is 2.78. The molecule has 88 valence electrons. The maximum Gasteiger partial charge on any atom is 0.254 e. The maximum atomic E-state index is 11.1. The van der Waals surface area contributed by atoms with E-state index in [1.54, 1.807) is 6.20 Å². The predicted octanol–water partition coefficient (Wildman–Crippen LogP) is 1.30. The number of nitrogens with one attached hydrogen (secondary N) is 1. The first-order valence-electron chi connectivity index (χ1n) is 4.61. The molecule has 0 fully saturated rings. The summed E-state index contributed by atoms with van der Waals surface area (Å²) in [6.07, 6.45) is 2.99. The number of nitrogens with zero attached hydrogens (tertiary/aromatic N) is 3. The maximum absolute atomic E-state index is 11.1. The van der Waals surface area contributed by atoms with Gasteiger partial charge in [-0.05, 0) is 11.6 Å². The van der Waals surface area contributed by atoms with Gasteiger partial charge in [0, 0.05) is 17.8 Å². The molecule has 0 spiro atoms. The molecule has 17 heavy (non-hydrogen) atoms. The minimum atomic E-state index is -0.608. The van der Waals surface area contributed by atoms with Gasteiger partial charge in [-0.3, -0.25) is 4.79 Å². The summed E-state index contributed by atoms with van der Waals surface area (Å²) in [5.41, 5.74) is 5.40. The molecule has 0 saturated heterocycles. The Kier molecular flexibility index (Phi) is 3.50. The molecule has 0 unspecified atom stereocenters. The second-order valence-corrected chi connectivity index (χ2v) is 4.36. The molecule has 2 rings (SSSR count). The van der Waals surface area contributed by atoms with Crippen LogP contribution in [0, 0.1) is 0 Å². The van der Waals surface area contributed by atoms with E-state index in [4.69, 9.17) is 17.3 Å². The molecule has 0 radical (unpaired) electrons. The molecular weight excluding hydrogens is 262 g/mol. The summed E-state index contributed by atoms with van der Waals surface area (Å²) >= 11 is 7.15. The van der Waals surface area contributed by atoms with Gasteiger partial charge in [-0.1, -0.05) is 0 Å². The van der Waals surface area contributed by atoms with E-state index in [9.17, 15) is 4.79 Å². The molecule has 2 aromatic rings. The Balaban J connectivity index is 2.19. The van der Waals surface area contributed by atoms with Crippen LogP contribution in [0.5, 0.6) is 0 Å². The Hall–Kier alpha value is -1.73. The molecule has 0 aliphatic carbocycles. The summed E-state index contributed by atoms with van der Waals surface area (Å²) in [4.78, 5) is 22.9. The van der Waals surface area contributed by atoms with Crippen molar-refractivity contribution >= 4 is 34.7 Å². The fourth-order valence-electron chi connectivity index (χ4n) is 1.17. The van der Waals surface area contributed by atoms with Crippen LogP contribution in [0.2, 0.25) is 5.28 Å². The summed E-state index contributed by atoms with van der Waals surface area (Å²) in [7, 11) is 0. The van der Waals surface area contributed by atoms with Gasteiger partial charge in [0.25, 0.3) is 5.91 Å². The zero-order chi connectivity index (χ0) is 12.3. The SMILES string of the molecule is NC(=O)c1cnc(Cl)nc1NCc1nccs1. The Morgan fingerprint density at radius 3 is 3.00 bits per heavy atom. The third-order valence-corrected chi connectivity index (χ3v) is 2.88. The van der Waals surface area contributed by atoms with Gasteiger partial charge in [-0.2, -0.15) is 4.98 Å². The number of thiazole rings is 1. The van der Waals surface area contributed by atoms with Crippen LogP contribution in [-0.2, 0) is 6.54 Å². The fourth-order valence-corrected chi connectivity index (χ4v) is 1.86. The molecule has 0 atom stereocenters. The third kappa shape index (κ3) is 2.89. The van der Waals surface area contributed by atoms with Crippen LogP contribution in [0.25, 0.3) is 0 Å². The van der Waals surface area contributed by atoms with E-state index in [0.717, 1.165) is 5.01 Å². The normalized spacial score (nSPS) is 10.2. The van der Waals surface area contributed by atoms with Crippen molar-refractivity contribution in [1.29, 1.82) is 0 Å². The zero-order valence-electron chi connectivity index (χ0n) is 8.55. The van der Waals surface area contributed by atoms with Crippen molar-refractivity contribution in [2.75, 3.05) is 5.32 Å². The van der Waals surface area contributed by atoms with Crippen molar-refractivity contribution in [1.82, 2.24) is 15.0 Å². The molecule has 2 heterocycles. The van der Waals surface area contributed by atoms with Crippen LogP contribution in [0.1, 0.15) is 15.4 Å². The van der Waals surface area contributed by atoms with Gasteiger partial charge in [0.05, 0.1) is 12.1 Å². The number of amides is 1. The molecule has 0 aliphatic rings. The van der Waals surface area contributed by atoms with E-state index in [-0.39, 0.29) is 10.8 Å². The highest BCUT2D eigenvalue weighted by atomic mass is 35.5. The number of hydrogen-bond acceptors (Lipinski definition) is 6. The number of rotatable bonds is 4. The molecule has 6 nitrogen and oxygen atoms in total. The Bertz CT molecular complexity index is 530. The topological polar surface area (TPSA) is 93.8 Å². The lowest BCUT2D eigenvalue weighted by atomic mass is 10.3. The number of primary amides is 1. The summed E-state index contributed by atoms with van der Waals surface area (Å²) in [6, 6.07) is 0. The number of hydrogen-bond donors (Lipinski definition) is 2. The number of carbonyl (C=O) groups is 1. The van der Waals surface area contributed by atoms with Crippen molar-refractivity contribution in [3.63, 3.8) is 0 Å². The molecule has 0 saturated carbocycles. The minimum Gasteiger partial charge on any atom is -0.365 e. The van der Waals surface area contributed by atoms with E-state index < -0.39 is 5.91 Å². The first-order chi connectivity index (χ1) is 8.16. The lowest BCUT2D eigenvalue weighted by Crippen LogP contribution is -2.16. The molecular formula is C9H8ClN5OS. The number of aromatic nitrogens is 3. The first kappa shape index (κ1) is 11.7. The number of carbonyl (C=O) groups excluding carboxylic acids is 1. The summed E-state index contributed by atoms with van der Waals surface area (Å²) < 4.78 is 0. The summed E-state index contributed by atoms with van der Waals surface area (Å²) in [5, 5.41) is 5.73. The van der Waals surface area contributed by atoms with E-state index in [1.165, 1.54) is 17.5 Å². The Labute approximate surface area is 106 Å². The first-order valence-corrected chi connectivity index (χ1v) is 5.87. The van der Waals surface area contributed by atoms with Gasteiger partial charge in [-0.15, -0.1) is 11.3 Å². The van der Waals surface area contributed by atoms with Crippen molar-refractivity contribution < 1.29 is 4.79 Å². The van der Waals surface area contributed by atoms with Gasteiger partial charge in [0.15, 0.2) is 0 Å². The van der Waals surface area contributed by atoms with Crippen LogP contribution < -0.4 is 11.1 Å². The highest BCUT2D eigenvalue weighted by molar-refractivity contribution is 7.09. The second-order valence-electron chi connectivity index (χ2n) is 3.04. The molecule has 0 aromatic carbocycles. The highest BCUT2D eigenvalue weighted by Gasteiger charge is 2.11.